The Labute approximate surface area is 223 Å². The number of hydrogen-bond acceptors (Lipinski definition) is 3. The fraction of sp³-hybridized carbons (Fsp3) is 0.781. The van der Waals surface area contributed by atoms with Crippen molar-refractivity contribution < 1.29 is 15.0 Å². The van der Waals surface area contributed by atoms with Gasteiger partial charge in [-0.3, -0.25) is 4.79 Å². The lowest BCUT2D eigenvalue weighted by Gasteiger charge is -2.19. The van der Waals surface area contributed by atoms with E-state index in [1.165, 1.54) is 77.0 Å². The SMILES string of the molecule is CCCC/C=C/CC/C=C/C(O)C(CO)NC(=O)CCCCCCC/C=C\CCCCCCCCC. The fourth-order valence-corrected chi connectivity index (χ4v) is 4.17. The van der Waals surface area contributed by atoms with Crippen molar-refractivity contribution in [2.45, 2.75) is 154 Å². The summed E-state index contributed by atoms with van der Waals surface area (Å²) in [4.78, 5) is 12.2. The number of unbranched alkanes of at least 4 members (excludes halogenated alkanes) is 15. The van der Waals surface area contributed by atoms with Crippen LogP contribution in [0.5, 0.6) is 0 Å². The Morgan fingerprint density at radius 3 is 1.69 bits per heavy atom. The van der Waals surface area contributed by atoms with Crippen molar-refractivity contribution in [3.8, 4) is 0 Å². The number of allylic oxidation sites excluding steroid dienone is 5. The third-order valence-corrected chi connectivity index (χ3v) is 6.60. The zero-order valence-corrected chi connectivity index (χ0v) is 23.8. The Hall–Kier alpha value is -1.39. The first-order valence-corrected chi connectivity index (χ1v) is 15.2. The van der Waals surface area contributed by atoms with Gasteiger partial charge in [-0.05, 0) is 51.4 Å². The average Bonchev–Trinajstić information content (AvgIpc) is 2.88. The molecule has 0 heterocycles. The highest BCUT2D eigenvalue weighted by molar-refractivity contribution is 5.76. The minimum Gasteiger partial charge on any atom is -0.394 e. The van der Waals surface area contributed by atoms with Crippen LogP contribution < -0.4 is 5.32 Å². The number of carbonyl (C=O) groups excluding carboxylic acids is 1. The molecule has 210 valence electrons. The van der Waals surface area contributed by atoms with Crippen LogP contribution in [0, 0.1) is 0 Å². The van der Waals surface area contributed by atoms with Gasteiger partial charge in [-0.15, -0.1) is 0 Å². The van der Waals surface area contributed by atoms with Gasteiger partial charge in [-0.25, -0.2) is 0 Å². The van der Waals surface area contributed by atoms with Crippen molar-refractivity contribution in [1.82, 2.24) is 5.32 Å². The summed E-state index contributed by atoms with van der Waals surface area (Å²) < 4.78 is 0. The third-order valence-electron chi connectivity index (χ3n) is 6.60. The lowest BCUT2D eigenvalue weighted by molar-refractivity contribution is -0.123. The van der Waals surface area contributed by atoms with Crippen LogP contribution in [0.4, 0.5) is 0 Å². The molecule has 0 fully saturated rings. The van der Waals surface area contributed by atoms with E-state index < -0.39 is 12.1 Å². The summed E-state index contributed by atoms with van der Waals surface area (Å²) in [7, 11) is 0. The van der Waals surface area contributed by atoms with E-state index in [1.807, 2.05) is 6.08 Å². The molecule has 0 saturated heterocycles. The molecule has 3 N–H and O–H groups in total. The summed E-state index contributed by atoms with van der Waals surface area (Å²) in [6.07, 6.45) is 35.1. The molecule has 0 rings (SSSR count). The minimum absolute atomic E-state index is 0.0892. The molecular formula is C32H59NO3. The van der Waals surface area contributed by atoms with Crippen LogP contribution in [0.25, 0.3) is 0 Å². The maximum atomic E-state index is 12.2. The van der Waals surface area contributed by atoms with E-state index in [9.17, 15) is 15.0 Å². The second-order valence-electron chi connectivity index (χ2n) is 10.2. The number of hydrogen-bond donors (Lipinski definition) is 3. The highest BCUT2D eigenvalue weighted by Gasteiger charge is 2.17. The van der Waals surface area contributed by atoms with Crippen LogP contribution in [-0.4, -0.2) is 34.9 Å². The normalized spacial score (nSPS) is 13.8. The van der Waals surface area contributed by atoms with Crippen LogP contribution in [-0.2, 0) is 4.79 Å². The molecule has 0 aromatic rings. The largest absolute Gasteiger partial charge is 0.394 e. The molecule has 0 aliphatic heterocycles. The maximum Gasteiger partial charge on any atom is 0.220 e. The van der Waals surface area contributed by atoms with Gasteiger partial charge in [0.15, 0.2) is 0 Å². The molecule has 0 aliphatic rings. The molecular weight excluding hydrogens is 446 g/mol. The topological polar surface area (TPSA) is 69.6 Å². The molecule has 0 spiro atoms. The summed E-state index contributed by atoms with van der Waals surface area (Å²) in [6.45, 7) is 4.19. The smallest absolute Gasteiger partial charge is 0.220 e. The van der Waals surface area contributed by atoms with Crippen LogP contribution in [0.3, 0.4) is 0 Å². The van der Waals surface area contributed by atoms with E-state index >= 15 is 0 Å². The molecule has 0 aliphatic carbocycles. The number of aliphatic hydroxyl groups is 2. The zero-order chi connectivity index (χ0) is 26.5. The molecule has 36 heavy (non-hydrogen) atoms. The highest BCUT2D eigenvalue weighted by atomic mass is 16.3. The van der Waals surface area contributed by atoms with Gasteiger partial charge >= 0.3 is 0 Å². The van der Waals surface area contributed by atoms with E-state index in [1.54, 1.807) is 6.08 Å². The summed E-state index contributed by atoms with van der Waals surface area (Å²) in [5, 5.41) is 22.6. The Balaban J connectivity index is 3.69. The van der Waals surface area contributed by atoms with Gasteiger partial charge in [0.2, 0.25) is 5.91 Å². The van der Waals surface area contributed by atoms with Crippen molar-refractivity contribution in [3.05, 3.63) is 36.5 Å². The average molecular weight is 506 g/mol. The van der Waals surface area contributed by atoms with E-state index in [4.69, 9.17) is 0 Å². The van der Waals surface area contributed by atoms with Crippen molar-refractivity contribution in [1.29, 1.82) is 0 Å². The zero-order valence-electron chi connectivity index (χ0n) is 23.8. The minimum atomic E-state index is -0.859. The predicted octanol–water partition coefficient (Wildman–Crippen LogP) is 8.33. The Kier molecular flexibility index (Phi) is 27.1. The van der Waals surface area contributed by atoms with Crippen LogP contribution >= 0.6 is 0 Å². The highest BCUT2D eigenvalue weighted by Crippen LogP contribution is 2.11. The van der Waals surface area contributed by atoms with Gasteiger partial charge < -0.3 is 15.5 Å². The molecule has 2 atom stereocenters. The molecule has 1 amide bonds. The summed E-state index contributed by atoms with van der Waals surface area (Å²) in [6, 6.07) is -0.637. The second kappa shape index (κ2) is 28.2. The molecule has 0 bridgehead atoms. The van der Waals surface area contributed by atoms with E-state index in [-0.39, 0.29) is 12.5 Å². The molecule has 0 radical (unpaired) electrons. The molecule has 2 unspecified atom stereocenters. The lowest BCUT2D eigenvalue weighted by atomic mass is 10.1. The van der Waals surface area contributed by atoms with Crippen LogP contribution in [0.1, 0.15) is 142 Å². The number of nitrogens with one attached hydrogen (secondary N) is 1. The van der Waals surface area contributed by atoms with Crippen molar-refractivity contribution in [3.63, 3.8) is 0 Å². The number of carbonyl (C=O) groups is 1. The quantitative estimate of drug-likeness (QED) is 0.0817. The van der Waals surface area contributed by atoms with Gasteiger partial charge in [0.1, 0.15) is 0 Å². The molecule has 0 saturated carbocycles. The standard InChI is InChI=1S/C32H59NO3/c1-3-5-7-9-11-13-14-15-16-17-18-19-20-22-24-26-28-32(36)33-30(29-34)31(35)27-25-23-21-12-10-8-6-4-2/h10,12,16-17,25,27,30-31,34-35H,3-9,11,13-15,18-24,26,28-29H2,1-2H3,(H,33,36)/b12-10+,17-16-,27-25+. The van der Waals surface area contributed by atoms with Crippen LogP contribution in [0.2, 0.25) is 0 Å². The molecule has 0 aromatic heterocycles. The van der Waals surface area contributed by atoms with Gasteiger partial charge in [-0.2, -0.15) is 0 Å². The van der Waals surface area contributed by atoms with Gasteiger partial charge in [-0.1, -0.05) is 121 Å². The number of amides is 1. The van der Waals surface area contributed by atoms with Gasteiger partial charge in [0.25, 0.3) is 0 Å². The van der Waals surface area contributed by atoms with Crippen molar-refractivity contribution >= 4 is 5.91 Å². The Morgan fingerprint density at radius 1 is 0.639 bits per heavy atom. The summed E-state index contributed by atoms with van der Waals surface area (Å²) in [5.74, 6) is -0.0892. The second-order valence-corrected chi connectivity index (χ2v) is 10.2. The number of rotatable bonds is 26. The van der Waals surface area contributed by atoms with E-state index in [0.717, 1.165) is 44.9 Å². The molecule has 4 nitrogen and oxygen atoms in total. The van der Waals surface area contributed by atoms with Gasteiger partial charge in [0.05, 0.1) is 18.8 Å². The maximum absolute atomic E-state index is 12.2. The van der Waals surface area contributed by atoms with Crippen LogP contribution in [0.15, 0.2) is 36.5 Å². The Bertz CT molecular complexity index is 556. The lowest BCUT2D eigenvalue weighted by Crippen LogP contribution is -2.45. The molecule has 0 aromatic carbocycles. The predicted molar refractivity (Wildman–Crippen MR) is 156 cm³/mol. The van der Waals surface area contributed by atoms with E-state index in [2.05, 4.69) is 43.5 Å². The first kappa shape index (κ1) is 34.6. The van der Waals surface area contributed by atoms with Gasteiger partial charge in [0, 0.05) is 6.42 Å². The molecule has 4 heteroatoms. The van der Waals surface area contributed by atoms with E-state index in [0.29, 0.717) is 6.42 Å². The fourth-order valence-electron chi connectivity index (χ4n) is 4.17. The Morgan fingerprint density at radius 2 is 1.11 bits per heavy atom. The first-order valence-electron chi connectivity index (χ1n) is 15.2. The van der Waals surface area contributed by atoms with Crippen molar-refractivity contribution in [2.75, 3.05) is 6.61 Å². The number of aliphatic hydroxyl groups excluding tert-OH is 2. The monoisotopic (exact) mass is 505 g/mol. The third kappa shape index (κ3) is 24.3. The summed E-state index contributed by atoms with van der Waals surface area (Å²) >= 11 is 0. The summed E-state index contributed by atoms with van der Waals surface area (Å²) in [5.41, 5.74) is 0. The first-order chi connectivity index (χ1) is 17.7. The van der Waals surface area contributed by atoms with Crippen molar-refractivity contribution in [2.24, 2.45) is 0 Å².